The molecule has 172 valence electrons. The number of aromatic amines is 1. The molecule has 4 rings (SSSR count). The number of aromatic nitrogens is 1. The number of carbonyl (C=O) groups is 2. The zero-order valence-electron chi connectivity index (χ0n) is 17.7. The molecule has 2 N–H and O–H groups in total. The summed E-state index contributed by atoms with van der Waals surface area (Å²) in [5.74, 6) is -0.878. The van der Waals surface area contributed by atoms with E-state index in [1.54, 1.807) is 29.2 Å². The molecule has 0 bridgehead atoms. The fraction of sp³-hybridized carbons (Fsp3) is 0.455. The summed E-state index contributed by atoms with van der Waals surface area (Å²) in [5.41, 5.74) is 0.853. The van der Waals surface area contributed by atoms with Crippen molar-refractivity contribution in [2.24, 2.45) is 5.92 Å². The van der Waals surface area contributed by atoms with Gasteiger partial charge in [-0.1, -0.05) is 17.7 Å². The largest absolute Gasteiger partial charge is 0.356 e. The molecule has 0 unspecified atom stereocenters. The van der Waals surface area contributed by atoms with Crippen LogP contribution in [0.15, 0.2) is 41.4 Å². The summed E-state index contributed by atoms with van der Waals surface area (Å²) in [5, 5.41) is 3.33. The van der Waals surface area contributed by atoms with Gasteiger partial charge >= 0.3 is 0 Å². The SMILES string of the molecule is O=C(Nc1cccc(Cl)c1)[C@H]1CCCN(S(=O)(=O)c2c[nH]c(C(=O)N3CCCCC3)c2)C1. The zero-order valence-corrected chi connectivity index (χ0v) is 19.3. The van der Waals surface area contributed by atoms with Crippen LogP contribution < -0.4 is 5.32 Å². The number of nitrogens with one attached hydrogen (secondary N) is 2. The van der Waals surface area contributed by atoms with Gasteiger partial charge in [-0.15, -0.1) is 0 Å². The molecule has 10 heteroatoms. The average molecular weight is 479 g/mol. The second-order valence-corrected chi connectivity index (χ2v) is 10.7. The number of sulfonamides is 1. The van der Waals surface area contributed by atoms with E-state index in [-0.39, 0.29) is 28.9 Å². The highest BCUT2D eigenvalue weighted by Gasteiger charge is 2.34. The maximum Gasteiger partial charge on any atom is 0.270 e. The van der Waals surface area contributed by atoms with Gasteiger partial charge in [-0.3, -0.25) is 9.59 Å². The van der Waals surface area contributed by atoms with E-state index in [1.165, 1.54) is 16.6 Å². The van der Waals surface area contributed by atoms with Gasteiger partial charge in [0.05, 0.1) is 5.92 Å². The van der Waals surface area contributed by atoms with Gasteiger partial charge in [0, 0.05) is 43.1 Å². The minimum absolute atomic E-state index is 0.0498. The molecule has 2 aromatic rings. The number of anilines is 1. The number of hydrogen-bond donors (Lipinski definition) is 2. The Morgan fingerprint density at radius 2 is 1.84 bits per heavy atom. The Labute approximate surface area is 193 Å². The van der Waals surface area contributed by atoms with Crippen LogP contribution in [0.2, 0.25) is 5.02 Å². The molecule has 0 radical (unpaired) electrons. The predicted octanol–water partition coefficient (Wildman–Crippen LogP) is 3.33. The maximum absolute atomic E-state index is 13.2. The van der Waals surface area contributed by atoms with Crippen LogP contribution >= 0.6 is 11.6 Å². The molecule has 2 aliphatic rings. The Balaban J connectivity index is 1.44. The van der Waals surface area contributed by atoms with Gasteiger partial charge in [-0.2, -0.15) is 4.31 Å². The van der Waals surface area contributed by atoms with Crippen molar-refractivity contribution < 1.29 is 18.0 Å². The predicted molar refractivity (Wildman–Crippen MR) is 122 cm³/mol. The fourth-order valence-electron chi connectivity index (χ4n) is 4.25. The number of likely N-dealkylation sites (tertiary alicyclic amines) is 1. The molecular formula is C22H27ClN4O4S. The smallest absolute Gasteiger partial charge is 0.270 e. The van der Waals surface area contributed by atoms with E-state index >= 15 is 0 Å². The molecule has 1 aromatic carbocycles. The standard InChI is InChI=1S/C22H27ClN4O4S/c23-17-7-4-8-18(12-17)25-21(28)16-6-5-11-27(15-16)32(30,31)19-13-20(24-14-19)22(29)26-9-2-1-3-10-26/h4,7-8,12-14,16,24H,1-3,5-6,9-11,15H2,(H,25,28)/t16-/m0/s1. The van der Waals surface area contributed by atoms with Crippen LogP contribution in [0.3, 0.4) is 0 Å². The van der Waals surface area contributed by atoms with Gasteiger partial charge in [-0.05, 0) is 56.4 Å². The van der Waals surface area contributed by atoms with Crippen LogP contribution in [0.4, 0.5) is 5.69 Å². The Bertz CT molecular complexity index is 1090. The Morgan fingerprint density at radius 3 is 2.59 bits per heavy atom. The van der Waals surface area contributed by atoms with Crippen molar-refractivity contribution in [3.05, 3.63) is 47.2 Å². The van der Waals surface area contributed by atoms with Gasteiger partial charge in [0.15, 0.2) is 0 Å². The van der Waals surface area contributed by atoms with Crippen molar-refractivity contribution in [2.45, 2.75) is 37.0 Å². The minimum Gasteiger partial charge on any atom is -0.356 e. The lowest BCUT2D eigenvalue weighted by Gasteiger charge is -2.31. The van der Waals surface area contributed by atoms with Crippen molar-refractivity contribution in [1.82, 2.24) is 14.2 Å². The Morgan fingerprint density at radius 1 is 1.06 bits per heavy atom. The van der Waals surface area contributed by atoms with Crippen LogP contribution in [0, 0.1) is 5.92 Å². The van der Waals surface area contributed by atoms with Crippen molar-refractivity contribution >= 4 is 39.1 Å². The first-order valence-electron chi connectivity index (χ1n) is 10.9. The normalized spacial score (nSPS) is 20.2. The maximum atomic E-state index is 13.2. The van der Waals surface area contributed by atoms with E-state index < -0.39 is 15.9 Å². The Kier molecular flexibility index (Phi) is 6.88. The molecule has 1 aromatic heterocycles. The second-order valence-electron chi connectivity index (χ2n) is 8.30. The topological polar surface area (TPSA) is 103 Å². The van der Waals surface area contributed by atoms with E-state index in [0.717, 1.165) is 19.3 Å². The van der Waals surface area contributed by atoms with Gasteiger partial charge in [-0.25, -0.2) is 8.42 Å². The van der Waals surface area contributed by atoms with Gasteiger partial charge < -0.3 is 15.2 Å². The number of rotatable bonds is 5. The van der Waals surface area contributed by atoms with E-state index in [9.17, 15) is 18.0 Å². The average Bonchev–Trinajstić information content (AvgIpc) is 3.30. The minimum atomic E-state index is -3.82. The third kappa shape index (κ3) is 5.00. The molecule has 0 saturated carbocycles. The van der Waals surface area contributed by atoms with E-state index in [1.807, 2.05) is 0 Å². The molecule has 2 saturated heterocycles. The number of benzene rings is 1. The number of piperidine rings is 2. The summed E-state index contributed by atoms with van der Waals surface area (Å²) in [7, 11) is -3.82. The monoisotopic (exact) mass is 478 g/mol. The first-order chi connectivity index (χ1) is 15.3. The molecule has 2 aliphatic heterocycles. The summed E-state index contributed by atoms with van der Waals surface area (Å²) in [6.07, 6.45) is 5.58. The summed E-state index contributed by atoms with van der Waals surface area (Å²) < 4.78 is 27.7. The quantitative estimate of drug-likeness (QED) is 0.687. The Hall–Kier alpha value is -2.36. The number of H-pyrrole nitrogens is 1. The molecule has 3 heterocycles. The lowest BCUT2D eigenvalue weighted by molar-refractivity contribution is -0.120. The highest BCUT2D eigenvalue weighted by molar-refractivity contribution is 7.89. The molecule has 1 atom stereocenters. The van der Waals surface area contributed by atoms with Gasteiger partial charge in [0.2, 0.25) is 15.9 Å². The van der Waals surface area contributed by atoms with Crippen molar-refractivity contribution in [1.29, 1.82) is 0 Å². The third-order valence-corrected chi connectivity index (χ3v) is 8.09. The number of nitrogens with zero attached hydrogens (tertiary/aromatic N) is 2. The molecule has 2 amide bonds. The fourth-order valence-corrected chi connectivity index (χ4v) is 5.96. The van der Waals surface area contributed by atoms with Crippen LogP contribution in [0.1, 0.15) is 42.6 Å². The summed E-state index contributed by atoms with van der Waals surface area (Å²) in [6.45, 7) is 1.81. The van der Waals surface area contributed by atoms with Crippen LogP contribution in [0.5, 0.6) is 0 Å². The third-order valence-electron chi connectivity index (χ3n) is 6.02. The number of halogens is 1. The molecule has 2 fully saturated rings. The van der Waals surface area contributed by atoms with Crippen molar-refractivity contribution in [3.8, 4) is 0 Å². The van der Waals surface area contributed by atoms with Crippen molar-refractivity contribution in [2.75, 3.05) is 31.5 Å². The number of carbonyl (C=O) groups excluding carboxylic acids is 2. The lowest BCUT2D eigenvalue weighted by atomic mass is 9.99. The highest BCUT2D eigenvalue weighted by Crippen LogP contribution is 2.26. The van der Waals surface area contributed by atoms with E-state index in [0.29, 0.717) is 43.2 Å². The first-order valence-corrected chi connectivity index (χ1v) is 12.7. The van der Waals surface area contributed by atoms with E-state index in [4.69, 9.17) is 11.6 Å². The molecule has 0 aliphatic carbocycles. The van der Waals surface area contributed by atoms with Gasteiger partial charge in [0.25, 0.3) is 5.91 Å². The lowest BCUT2D eigenvalue weighted by Crippen LogP contribution is -2.43. The number of amides is 2. The van der Waals surface area contributed by atoms with Crippen LogP contribution in [0.25, 0.3) is 0 Å². The van der Waals surface area contributed by atoms with Crippen LogP contribution in [-0.4, -0.2) is 60.6 Å². The van der Waals surface area contributed by atoms with Gasteiger partial charge in [0.1, 0.15) is 10.6 Å². The zero-order chi connectivity index (χ0) is 22.7. The second kappa shape index (κ2) is 9.64. The highest BCUT2D eigenvalue weighted by atomic mass is 35.5. The number of hydrogen-bond acceptors (Lipinski definition) is 4. The summed E-state index contributed by atoms with van der Waals surface area (Å²) in [4.78, 5) is 30.0. The molecule has 0 spiro atoms. The summed E-state index contributed by atoms with van der Waals surface area (Å²) in [6, 6.07) is 8.25. The molecular weight excluding hydrogens is 452 g/mol. The summed E-state index contributed by atoms with van der Waals surface area (Å²) >= 11 is 5.97. The van der Waals surface area contributed by atoms with E-state index in [2.05, 4.69) is 10.3 Å². The molecule has 32 heavy (non-hydrogen) atoms. The van der Waals surface area contributed by atoms with Crippen molar-refractivity contribution in [3.63, 3.8) is 0 Å². The van der Waals surface area contributed by atoms with Crippen LogP contribution in [-0.2, 0) is 14.8 Å². The first kappa shape index (κ1) is 22.8. The molecule has 8 nitrogen and oxygen atoms in total.